The van der Waals surface area contributed by atoms with Crippen molar-refractivity contribution in [1.82, 2.24) is 0 Å². The lowest BCUT2D eigenvalue weighted by molar-refractivity contribution is -0.145. The lowest BCUT2D eigenvalue weighted by Gasteiger charge is -2.23. The van der Waals surface area contributed by atoms with Crippen molar-refractivity contribution in [3.8, 4) is 0 Å². The molecule has 0 radical (unpaired) electrons. The number of carboxylic acids is 2. The molecule has 5 nitrogen and oxygen atoms in total. The molecule has 0 saturated heterocycles. The molecule has 0 spiro atoms. The highest BCUT2D eigenvalue weighted by molar-refractivity contribution is 7.67. The number of carbonyl (C=O) groups is 2. The van der Waals surface area contributed by atoms with Gasteiger partial charge in [0, 0.05) is 17.9 Å². The minimum Gasteiger partial charge on any atom is -0.481 e. The highest BCUT2D eigenvalue weighted by Gasteiger charge is 2.34. The average Bonchev–Trinajstić information content (AvgIpc) is 2.87. The lowest BCUT2D eigenvalue weighted by atomic mass is 9.80. The second-order valence-electron chi connectivity index (χ2n) is 5.42. The van der Waals surface area contributed by atoms with Gasteiger partial charge in [0.05, 0.1) is 5.41 Å². The molecular weight excluding hydrogens is 291 g/mol. The van der Waals surface area contributed by atoms with Gasteiger partial charge in [-0.15, -0.1) is 0 Å². The van der Waals surface area contributed by atoms with Crippen molar-refractivity contribution < 1.29 is 24.4 Å². The summed E-state index contributed by atoms with van der Waals surface area (Å²) in [7, 11) is -1.73. The second-order valence-corrected chi connectivity index (χ2v) is 8.70. The van der Waals surface area contributed by atoms with Gasteiger partial charge in [0.2, 0.25) is 0 Å². The molecule has 21 heavy (non-hydrogen) atoms. The Morgan fingerprint density at radius 3 is 2.43 bits per heavy atom. The molecule has 0 aromatic rings. The molecule has 0 bridgehead atoms. The van der Waals surface area contributed by atoms with Crippen LogP contribution in [0.5, 0.6) is 0 Å². The molecule has 0 aromatic heterocycles. The van der Waals surface area contributed by atoms with Gasteiger partial charge >= 0.3 is 11.9 Å². The first-order valence-electron chi connectivity index (χ1n) is 6.83. The summed E-state index contributed by atoms with van der Waals surface area (Å²) >= 11 is 0. The molecule has 2 rings (SSSR count). The van der Waals surface area contributed by atoms with Crippen LogP contribution in [0.25, 0.3) is 0 Å². The first-order valence-corrected chi connectivity index (χ1v) is 8.97. The Kier molecular flexibility index (Phi) is 5.73. The Morgan fingerprint density at radius 1 is 1.38 bits per heavy atom. The molecule has 2 aliphatic rings. The number of rotatable bonds is 3. The van der Waals surface area contributed by atoms with Gasteiger partial charge in [0.25, 0.3) is 0 Å². The zero-order valence-electron chi connectivity index (χ0n) is 12.3. The SMILES string of the molecule is CC1(C(=O)O)C=CC=C(C(=O)O)C1.CCP1(=O)C=CCC1. The fraction of sp³-hybridized carbons (Fsp3) is 0.467. The van der Waals surface area contributed by atoms with Crippen LogP contribution in [-0.2, 0) is 14.2 Å². The number of aliphatic carboxylic acids is 2. The first kappa shape index (κ1) is 17.4. The number of hydrogen-bond acceptors (Lipinski definition) is 3. The summed E-state index contributed by atoms with van der Waals surface area (Å²) < 4.78 is 11.3. The molecule has 2 atom stereocenters. The van der Waals surface area contributed by atoms with Crippen molar-refractivity contribution in [2.75, 3.05) is 12.3 Å². The van der Waals surface area contributed by atoms with Crippen LogP contribution in [0.15, 0.2) is 35.7 Å². The summed E-state index contributed by atoms with van der Waals surface area (Å²) in [5.74, 6) is -0.153. The maximum atomic E-state index is 11.3. The Bertz CT molecular complexity index is 558. The number of allylic oxidation sites excluding steroid dienone is 3. The predicted octanol–water partition coefficient (Wildman–Crippen LogP) is 3.34. The molecule has 0 fully saturated rings. The molecule has 0 aromatic carbocycles. The largest absolute Gasteiger partial charge is 0.481 e. The summed E-state index contributed by atoms with van der Waals surface area (Å²) in [6.07, 6.45) is 9.27. The van der Waals surface area contributed by atoms with Gasteiger partial charge < -0.3 is 14.8 Å². The van der Waals surface area contributed by atoms with E-state index in [2.05, 4.69) is 0 Å². The zero-order chi connectivity index (χ0) is 16.1. The molecular formula is C15H21O5P. The quantitative estimate of drug-likeness (QED) is 0.780. The van der Waals surface area contributed by atoms with Crippen LogP contribution in [0.3, 0.4) is 0 Å². The molecule has 1 aliphatic heterocycles. The number of carboxylic acid groups (broad SMARTS) is 2. The molecule has 2 N–H and O–H groups in total. The fourth-order valence-electron chi connectivity index (χ4n) is 2.08. The van der Waals surface area contributed by atoms with Gasteiger partial charge in [-0.05, 0) is 25.6 Å². The Balaban J connectivity index is 0.000000235. The zero-order valence-corrected chi connectivity index (χ0v) is 13.2. The predicted molar refractivity (Wildman–Crippen MR) is 82.0 cm³/mol. The Hall–Kier alpha value is -1.61. The Morgan fingerprint density at radius 2 is 2.05 bits per heavy atom. The average molecular weight is 312 g/mol. The summed E-state index contributed by atoms with van der Waals surface area (Å²) in [5, 5.41) is 17.5. The summed E-state index contributed by atoms with van der Waals surface area (Å²) in [6, 6.07) is 0. The van der Waals surface area contributed by atoms with E-state index in [-0.39, 0.29) is 12.0 Å². The molecule has 6 heteroatoms. The topological polar surface area (TPSA) is 91.7 Å². The van der Waals surface area contributed by atoms with Crippen LogP contribution in [0, 0.1) is 5.41 Å². The molecule has 116 valence electrons. The van der Waals surface area contributed by atoms with Crippen molar-refractivity contribution in [3.05, 3.63) is 35.7 Å². The van der Waals surface area contributed by atoms with E-state index in [9.17, 15) is 14.2 Å². The Labute approximate surface area is 124 Å². The van der Waals surface area contributed by atoms with Gasteiger partial charge in [0.1, 0.15) is 7.14 Å². The maximum absolute atomic E-state index is 11.3. The smallest absolute Gasteiger partial charge is 0.331 e. The van der Waals surface area contributed by atoms with E-state index in [1.807, 2.05) is 18.8 Å². The van der Waals surface area contributed by atoms with Crippen molar-refractivity contribution >= 4 is 19.1 Å². The van der Waals surface area contributed by atoms with Crippen LogP contribution in [0.1, 0.15) is 26.7 Å². The summed E-state index contributed by atoms with van der Waals surface area (Å²) in [6.45, 7) is 3.50. The summed E-state index contributed by atoms with van der Waals surface area (Å²) in [4.78, 5) is 21.3. The highest BCUT2D eigenvalue weighted by Crippen LogP contribution is 2.50. The van der Waals surface area contributed by atoms with E-state index in [4.69, 9.17) is 10.2 Å². The number of hydrogen-bond donors (Lipinski definition) is 2. The van der Waals surface area contributed by atoms with E-state index >= 15 is 0 Å². The van der Waals surface area contributed by atoms with E-state index in [0.29, 0.717) is 0 Å². The van der Waals surface area contributed by atoms with E-state index < -0.39 is 24.5 Å². The van der Waals surface area contributed by atoms with Gasteiger partial charge in [-0.25, -0.2) is 4.79 Å². The second kappa shape index (κ2) is 6.90. The third kappa shape index (κ3) is 4.71. The maximum Gasteiger partial charge on any atom is 0.331 e. The van der Waals surface area contributed by atoms with Gasteiger partial charge in [0.15, 0.2) is 0 Å². The molecule has 1 aliphatic carbocycles. The first-order chi connectivity index (χ1) is 9.72. The monoisotopic (exact) mass is 312 g/mol. The standard InChI is InChI=1S/C9H10O4.C6H11OP/c1-9(8(12)13)4-2-3-6(5-9)7(10)11;1-2-8(7)5-3-4-6-8/h2-4H,5H2,1H3,(H,10,11)(H,12,13);3,5H,2,4,6H2,1H3. The molecule has 2 unspecified atom stereocenters. The van der Waals surface area contributed by atoms with Crippen LogP contribution < -0.4 is 0 Å². The normalized spacial score (nSPS) is 30.3. The molecule has 1 heterocycles. The third-order valence-electron chi connectivity index (χ3n) is 3.67. The van der Waals surface area contributed by atoms with Crippen LogP contribution >= 0.6 is 7.14 Å². The lowest BCUT2D eigenvalue weighted by Crippen LogP contribution is -2.28. The van der Waals surface area contributed by atoms with Gasteiger partial charge in [-0.2, -0.15) is 0 Å². The third-order valence-corrected chi connectivity index (χ3v) is 6.51. The van der Waals surface area contributed by atoms with Gasteiger partial charge in [-0.1, -0.05) is 31.2 Å². The molecule has 0 amide bonds. The van der Waals surface area contributed by atoms with E-state index in [1.54, 1.807) is 0 Å². The van der Waals surface area contributed by atoms with Crippen molar-refractivity contribution in [2.45, 2.75) is 26.7 Å². The van der Waals surface area contributed by atoms with E-state index in [1.165, 1.54) is 25.2 Å². The van der Waals surface area contributed by atoms with Crippen molar-refractivity contribution in [3.63, 3.8) is 0 Å². The van der Waals surface area contributed by atoms with Crippen molar-refractivity contribution in [2.24, 2.45) is 5.41 Å². The highest BCUT2D eigenvalue weighted by atomic mass is 31.2. The molecule has 0 saturated carbocycles. The minimum atomic E-state index is -1.73. The van der Waals surface area contributed by atoms with Crippen LogP contribution in [-0.4, -0.2) is 34.5 Å². The van der Waals surface area contributed by atoms with Crippen LogP contribution in [0.4, 0.5) is 0 Å². The van der Waals surface area contributed by atoms with Crippen molar-refractivity contribution in [1.29, 1.82) is 0 Å². The van der Waals surface area contributed by atoms with Gasteiger partial charge in [-0.3, -0.25) is 4.79 Å². The van der Waals surface area contributed by atoms with Crippen LogP contribution in [0.2, 0.25) is 0 Å². The minimum absolute atomic E-state index is 0.0359. The van der Waals surface area contributed by atoms with E-state index in [0.717, 1.165) is 18.7 Å². The summed E-state index contributed by atoms with van der Waals surface area (Å²) in [5.41, 5.74) is -0.949. The fourth-order valence-corrected chi connectivity index (χ4v) is 3.88.